The molecule has 0 amide bonds. The normalized spacial score (nSPS) is 11.6. The van der Waals surface area contributed by atoms with Crippen molar-refractivity contribution >= 4 is 209 Å². The van der Waals surface area contributed by atoms with E-state index in [0.717, 1.165) is 0 Å². The monoisotopic (exact) mass is 917 g/mol. The van der Waals surface area contributed by atoms with E-state index in [4.69, 9.17) is 209 Å². The first-order chi connectivity index (χ1) is 19.4. The largest absolute Gasteiger partial charge is 0.0819 e. The van der Waals surface area contributed by atoms with E-state index < -0.39 is 0 Å². The molecule has 222 valence electrons. The van der Waals surface area contributed by atoms with Crippen LogP contribution in [0, 0.1) is 0 Å². The van der Waals surface area contributed by atoms with Crippen LogP contribution in [0.2, 0.25) is 90.4 Å². The highest BCUT2D eigenvalue weighted by Gasteiger charge is 2.35. The fraction of sp³-hybridized carbons (Fsp3) is 0. The summed E-state index contributed by atoms with van der Waals surface area (Å²) in [5.74, 6) is 0. The molecule has 0 atom stereocenters. The van der Waals surface area contributed by atoms with Gasteiger partial charge in [0.2, 0.25) is 0 Å². The lowest BCUT2D eigenvalue weighted by molar-refractivity contribution is 1.55. The number of hydrogen-bond acceptors (Lipinski definition) is 0. The first kappa shape index (κ1) is 36.9. The minimum absolute atomic E-state index is 0.0682. The molecule has 0 saturated carbocycles. The van der Waals surface area contributed by atoms with Gasteiger partial charge in [0.25, 0.3) is 0 Å². The van der Waals surface area contributed by atoms with Gasteiger partial charge in [-0.05, 0) is 0 Å². The van der Waals surface area contributed by atoms with Crippen molar-refractivity contribution in [3.05, 3.63) is 90.4 Å². The second-order valence-electron chi connectivity index (χ2n) is 7.90. The van der Waals surface area contributed by atoms with Gasteiger partial charge in [0.05, 0.1) is 90.4 Å². The van der Waals surface area contributed by atoms with Crippen molar-refractivity contribution in [1.82, 2.24) is 0 Å². The zero-order chi connectivity index (χ0) is 31.9. The van der Waals surface area contributed by atoms with Crippen LogP contribution in [0.15, 0.2) is 0 Å². The van der Waals surface area contributed by atoms with Gasteiger partial charge >= 0.3 is 0 Å². The fourth-order valence-corrected chi connectivity index (χ4v) is 8.64. The van der Waals surface area contributed by atoms with Crippen LogP contribution in [-0.4, -0.2) is 0 Å². The first-order valence-electron chi connectivity index (χ1n) is 10.2. The maximum atomic E-state index is 6.85. The fourth-order valence-electron chi connectivity index (χ4n) is 3.85. The average Bonchev–Trinajstić information content (AvgIpc) is 2.96. The van der Waals surface area contributed by atoms with Gasteiger partial charge < -0.3 is 0 Å². The Morgan fingerprint density at radius 1 is 0.119 bits per heavy atom. The third-order valence-corrected chi connectivity index (χ3v) is 13.9. The molecule has 4 aromatic carbocycles. The van der Waals surface area contributed by atoms with Crippen LogP contribution in [-0.2, 0) is 0 Å². The SMILES string of the molecule is Clc1c(Cl)c(Cl)c(-c2c(Cl)c(Cl)c(Cl)c(-c3c(Cl)c(Cl)c(Cl)c(Cl)c3Cl)c2-c2c(Cl)c(Cl)c(Cl)c(Cl)c2Cl)c(Cl)c1Cl. The van der Waals surface area contributed by atoms with Crippen molar-refractivity contribution in [2.75, 3.05) is 0 Å². The van der Waals surface area contributed by atoms with E-state index in [1.165, 1.54) is 0 Å². The van der Waals surface area contributed by atoms with Crippen molar-refractivity contribution in [3.63, 3.8) is 0 Å². The Labute approximate surface area is 328 Å². The Bertz CT molecular complexity index is 1680. The van der Waals surface area contributed by atoms with Gasteiger partial charge in [-0.25, -0.2) is 0 Å². The molecule has 0 saturated heterocycles. The van der Waals surface area contributed by atoms with E-state index in [1.807, 2.05) is 0 Å². The predicted molar refractivity (Wildman–Crippen MR) is 193 cm³/mol. The summed E-state index contributed by atoms with van der Waals surface area (Å²) in [7, 11) is 0. The molecular weight excluding hydrogens is 926 g/mol. The van der Waals surface area contributed by atoms with Crippen LogP contribution in [0.3, 0.4) is 0 Å². The maximum absolute atomic E-state index is 6.85. The Morgan fingerprint density at radius 2 is 0.238 bits per heavy atom. The quantitative estimate of drug-likeness (QED) is 0.142. The molecule has 0 aromatic heterocycles. The number of benzene rings is 4. The van der Waals surface area contributed by atoms with Crippen molar-refractivity contribution in [1.29, 1.82) is 0 Å². The van der Waals surface area contributed by atoms with Crippen molar-refractivity contribution in [2.24, 2.45) is 0 Å². The summed E-state index contributed by atoms with van der Waals surface area (Å²) in [6, 6.07) is 0. The first-order valence-corrected chi connectivity index (χ1v) is 17.0. The molecule has 0 aliphatic heterocycles. The van der Waals surface area contributed by atoms with Gasteiger partial charge in [0.1, 0.15) is 0 Å². The molecule has 4 aromatic rings. The third-order valence-electron chi connectivity index (χ3n) is 5.70. The standard InChI is InChI=1S/C24Cl18/c25-7-2(5-11(29)18(36)23(41)19(37)12(5)30)1(4-9(27)16(34)22(40)17(35)10(4)28)3(8(26)15(7)33)6-13(31)20(38)24(42)21(39)14(6)32. The van der Waals surface area contributed by atoms with Crippen LogP contribution < -0.4 is 0 Å². The van der Waals surface area contributed by atoms with E-state index in [9.17, 15) is 0 Å². The van der Waals surface area contributed by atoms with Crippen molar-refractivity contribution < 1.29 is 0 Å². The Kier molecular flexibility index (Phi) is 12.2. The van der Waals surface area contributed by atoms with E-state index >= 15 is 0 Å². The van der Waals surface area contributed by atoms with Crippen LogP contribution in [0.1, 0.15) is 0 Å². The van der Waals surface area contributed by atoms with Crippen LogP contribution in [0.5, 0.6) is 0 Å². The molecule has 0 fully saturated rings. The summed E-state index contributed by atoms with van der Waals surface area (Å²) in [5, 5.41) is -3.54. The summed E-state index contributed by atoms with van der Waals surface area (Å²) >= 11 is 118. The topological polar surface area (TPSA) is 0 Å². The number of hydrogen-bond donors (Lipinski definition) is 0. The van der Waals surface area contributed by atoms with E-state index in [0.29, 0.717) is 0 Å². The molecule has 0 spiro atoms. The molecular formula is C24Cl18. The molecule has 0 heterocycles. The molecule has 42 heavy (non-hydrogen) atoms. The summed E-state index contributed by atoms with van der Waals surface area (Å²) in [5.41, 5.74) is -0.475. The van der Waals surface area contributed by atoms with Crippen LogP contribution in [0.4, 0.5) is 0 Å². The second-order valence-corrected chi connectivity index (χ2v) is 14.7. The minimum Gasteiger partial charge on any atom is -0.0819 e. The molecule has 0 aliphatic carbocycles. The lowest BCUT2D eigenvalue weighted by Crippen LogP contribution is -2.00. The van der Waals surface area contributed by atoms with Gasteiger partial charge in [0.15, 0.2) is 0 Å². The highest BCUT2D eigenvalue weighted by molar-refractivity contribution is 6.61. The zero-order valence-corrected chi connectivity index (χ0v) is 32.4. The summed E-state index contributed by atoms with van der Waals surface area (Å²) in [6.45, 7) is 0. The van der Waals surface area contributed by atoms with Crippen LogP contribution >= 0.6 is 209 Å². The lowest BCUT2D eigenvalue weighted by Gasteiger charge is -2.26. The predicted octanol–water partition coefficient (Wildman–Crippen LogP) is 18.4. The molecule has 0 aliphatic rings. The third kappa shape index (κ3) is 5.87. The van der Waals surface area contributed by atoms with Gasteiger partial charge in [-0.15, -0.1) is 0 Å². The highest BCUT2D eigenvalue weighted by atomic mass is 35.5. The minimum atomic E-state index is -0.242. The van der Waals surface area contributed by atoms with E-state index in [-0.39, 0.29) is 124 Å². The molecule has 18 heteroatoms. The van der Waals surface area contributed by atoms with Gasteiger partial charge in [0, 0.05) is 33.4 Å². The number of halogens is 18. The Morgan fingerprint density at radius 3 is 0.452 bits per heavy atom. The summed E-state index contributed by atoms with van der Waals surface area (Å²) in [4.78, 5) is 0. The van der Waals surface area contributed by atoms with Gasteiger partial charge in [-0.2, -0.15) is 0 Å². The molecule has 0 nitrogen and oxygen atoms in total. The maximum Gasteiger partial charge on any atom is 0.0809 e. The van der Waals surface area contributed by atoms with E-state index in [1.54, 1.807) is 0 Å². The van der Waals surface area contributed by atoms with Crippen LogP contribution in [0.25, 0.3) is 33.4 Å². The zero-order valence-electron chi connectivity index (χ0n) is 18.8. The summed E-state index contributed by atoms with van der Waals surface area (Å²) in [6.07, 6.45) is 0. The smallest absolute Gasteiger partial charge is 0.0809 e. The molecule has 0 unspecified atom stereocenters. The molecule has 0 N–H and O–H groups in total. The molecule has 0 bridgehead atoms. The number of rotatable bonds is 3. The van der Waals surface area contributed by atoms with Crippen molar-refractivity contribution in [3.8, 4) is 33.4 Å². The van der Waals surface area contributed by atoms with E-state index in [2.05, 4.69) is 0 Å². The highest BCUT2D eigenvalue weighted by Crippen LogP contribution is 2.62. The summed E-state index contributed by atoms with van der Waals surface area (Å²) < 4.78 is 0. The van der Waals surface area contributed by atoms with Gasteiger partial charge in [-0.3, -0.25) is 0 Å². The van der Waals surface area contributed by atoms with Crippen molar-refractivity contribution in [2.45, 2.75) is 0 Å². The Hall–Kier alpha value is 2.10. The van der Waals surface area contributed by atoms with Gasteiger partial charge in [-0.1, -0.05) is 209 Å². The lowest BCUT2D eigenvalue weighted by atomic mass is 9.87. The average molecular weight is 926 g/mol. The Balaban J connectivity index is 2.50. The second kappa shape index (κ2) is 13.9. The molecule has 4 rings (SSSR count). The molecule has 0 radical (unpaired) electrons.